The second kappa shape index (κ2) is 27.0. The summed E-state index contributed by atoms with van der Waals surface area (Å²) in [4.78, 5) is 0. The minimum absolute atomic E-state index is 0.0747. The first kappa shape index (κ1) is 73.1. The highest BCUT2D eigenvalue weighted by Gasteiger charge is 2.29. The lowest BCUT2D eigenvalue weighted by molar-refractivity contribution is 0.551. The van der Waals surface area contributed by atoms with Gasteiger partial charge in [-0.1, -0.05) is 274 Å². The van der Waals surface area contributed by atoms with Crippen molar-refractivity contribution in [3.63, 3.8) is 0 Å². The summed E-state index contributed by atoms with van der Waals surface area (Å²) in [6.07, 6.45) is 2.03. The number of benzene rings is 5. The lowest BCUT2D eigenvalue weighted by Crippen LogP contribution is -2.23. The number of hydrogen-bond donors (Lipinski definition) is 5. The Kier molecular flexibility index (Phi) is 24.7. The third kappa shape index (κ3) is 20.8. The van der Waals surface area contributed by atoms with E-state index in [1.165, 1.54) is 83.5 Å². The monoisotopic (exact) mass is 1100 g/mol. The summed E-state index contributed by atoms with van der Waals surface area (Å²) in [5.41, 5.74) is 56.5. The topological polar surface area (TPSA) is 130 Å². The van der Waals surface area contributed by atoms with E-state index >= 15 is 0 Å². The summed E-state index contributed by atoms with van der Waals surface area (Å²) in [5, 5.41) is 0. The van der Waals surface area contributed by atoms with Crippen molar-refractivity contribution in [3.8, 4) is 0 Å². The number of nitrogens with two attached hydrogens (primary N) is 5. The first-order valence-corrected chi connectivity index (χ1v) is 30.2. The van der Waals surface area contributed by atoms with Crippen LogP contribution in [0, 0.1) is 20.8 Å². The van der Waals surface area contributed by atoms with Crippen LogP contribution in [0.4, 0.5) is 28.4 Å². The van der Waals surface area contributed by atoms with Crippen molar-refractivity contribution in [1.82, 2.24) is 0 Å². The van der Waals surface area contributed by atoms with Crippen molar-refractivity contribution in [3.05, 3.63) is 144 Å². The van der Waals surface area contributed by atoms with Crippen LogP contribution < -0.4 is 28.7 Å². The predicted molar refractivity (Wildman–Crippen MR) is 365 cm³/mol. The lowest BCUT2D eigenvalue weighted by Gasteiger charge is -2.32. The smallest absolute Gasteiger partial charge is 0.0390 e. The van der Waals surface area contributed by atoms with Crippen LogP contribution >= 0.6 is 0 Å². The number of nitrogen functional groups attached to an aromatic ring is 5. The van der Waals surface area contributed by atoms with Gasteiger partial charge < -0.3 is 28.7 Å². The molecule has 0 unspecified atom stereocenters. The maximum Gasteiger partial charge on any atom is 0.0390 e. The standard InChI is InChI=1S/C18H31N.C16H27N.C15H25N.C14H23N.C12H19N/c1-16(2,3)12-10-13(17(4,5)6)15(19)14(11-12)18(7,8)9;1-10(2)13-8-12(16(5,6)7)9-14(11(3)4)15(13)17;1-10-8-11(14(2,3)4)9-12(13(10)16)15(5,6)7;1-6-10-8-12(14(3,4)5)9-11(7-2)13(10)15;1-8-6-9(2)11(13)10(7-8)12(3,4)5/h10-11H,19H2,1-9H3;8-11H,17H2,1-7H3;8-9H,16H2,1-7H3;8-9H,6-7,15H2,1-5H3;6-7H,13H2,1-5H3. The van der Waals surface area contributed by atoms with Crippen LogP contribution in [0.5, 0.6) is 0 Å². The van der Waals surface area contributed by atoms with Gasteiger partial charge in [0.15, 0.2) is 0 Å². The van der Waals surface area contributed by atoms with Gasteiger partial charge in [0.05, 0.1) is 0 Å². The Hall–Kier alpha value is -4.90. The molecule has 0 saturated heterocycles. The Morgan fingerprint density at radius 3 is 0.812 bits per heavy atom. The molecule has 0 fully saturated rings. The van der Waals surface area contributed by atoms with Crippen molar-refractivity contribution in [1.29, 1.82) is 0 Å². The second-order valence-corrected chi connectivity index (χ2v) is 32.1. The number of anilines is 5. The quantitative estimate of drug-likeness (QED) is 0.114. The van der Waals surface area contributed by atoms with E-state index in [4.69, 9.17) is 28.7 Å². The normalized spacial score (nSPS) is 12.6. The van der Waals surface area contributed by atoms with Crippen LogP contribution in [-0.4, -0.2) is 0 Å². The summed E-state index contributed by atoms with van der Waals surface area (Å²) in [5.74, 6) is 0.963. The van der Waals surface area contributed by atoms with Crippen molar-refractivity contribution in [2.24, 2.45) is 0 Å². The molecule has 0 aliphatic heterocycles. The highest BCUT2D eigenvalue weighted by molar-refractivity contribution is 5.63. The zero-order chi connectivity index (χ0) is 63.2. The summed E-state index contributed by atoms with van der Waals surface area (Å²) >= 11 is 0. The van der Waals surface area contributed by atoms with Crippen LogP contribution in [0.3, 0.4) is 0 Å². The number of hydrogen-bond acceptors (Lipinski definition) is 5. The second-order valence-electron chi connectivity index (χ2n) is 32.1. The Morgan fingerprint density at radius 1 is 0.287 bits per heavy atom. The molecular weight excluding hydrogens is 971 g/mol. The van der Waals surface area contributed by atoms with Gasteiger partial charge in [0.2, 0.25) is 0 Å². The van der Waals surface area contributed by atoms with Crippen LogP contribution in [-0.2, 0) is 56.2 Å². The van der Waals surface area contributed by atoms with Crippen LogP contribution in [0.2, 0.25) is 0 Å². The van der Waals surface area contributed by atoms with Gasteiger partial charge in [-0.3, -0.25) is 0 Å². The Morgan fingerprint density at radius 2 is 0.537 bits per heavy atom. The third-order valence-corrected chi connectivity index (χ3v) is 15.4. The summed E-state index contributed by atoms with van der Waals surface area (Å²) in [6.45, 7) is 73.1. The van der Waals surface area contributed by atoms with Gasteiger partial charge >= 0.3 is 0 Å². The molecule has 5 nitrogen and oxygen atoms in total. The van der Waals surface area contributed by atoms with Gasteiger partial charge in [0.25, 0.3) is 0 Å². The van der Waals surface area contributed by atoms with Crippen LogP contribution in [0.1, 0.15) is 303 Å². The fraction of sp³-hybridized carbons (Fsp3) is 0.600. The molecule has 0 heterocycles. The van der Waals surface area contributed by atoms with Crippen molar-refractivity contribution < 1.29 is 0 Å². The van der Waals surface area contributed by atoms with Crippen molar-refractivity contribution in [2.45, 2.75) is 296 Å². The molecule has 0 amide bonds. The van der Waals surface area contributed by atoms with Crippen molar-refractivity contribution >= 4 is 28.4 Å². The fourth-order valence-electron chi connectivity index (χ4n) is 9.66. The molecule has 5 aromatic carbocycles. The van der Waals surface area contributed by atoms with E-state index in [0.29, 0.717) is 11.8 Å². The number of rotatable bonds is 4. The molecule has 0 spiro atoms. The van der Waals surface area contributed by atoms with Crippen molar-refractivity contribution in [2.75, 3.05) is 28.7 Å². The average Bonchev–Trinajstić information content (AvgIpc) is 3.26. The molecule has 0 saturated carbocycles. The van der Waals surface area contributed by atoms with Gasteiger partial charge in [0.1, 0.15) is 0 Å². The number of aryl methyl sites for hydroxylation is 5. The Bertz CT molecular complexity index is 2720. The van der Waals surface area contributed by atoms with Gasteiger partial charge in [-0.2, -0.15) is 0 Å². The highest BCUT2D eigenvalue weighted by Crippen LogP contribution is 2.41. The van der Waals surface area contributed by atoms with E-state index in [1.807, 2.05) is 0 Å². The summed E-state index contributed by atoms with van der Waals surface area (Å²) in [7, 11) is 0. The molecule has 0 aliphatic carbocycles. The molecule has 5 aromatic rings. The van der Waals surface area contributed by atoms with E-state index in [-0.39, 0.29) is 43.3 Å². The maximum atomic E-state index is 6.47. The molecule has 80 heavy (non-hydrogen) atoms. The summed E-state index contributed by atoms with van der Waals surface area (Å²) in [6, 6.07) is 22.5. The molecular formula is C75H125N5. The predicted octanol–water partition coefficient (Wildman–Crippen LogP) is 21.0. The van der Waals surface area contributed by atoms with E-state index in [9.17, 15) is 0 Å². The lowest BCUT2D eigenvalue weighted by atomic mass is 9.74. The van der Waals surface area contributed by atoms with E-state index in [0.717, 1.165) is 41.3 Å². The average molecular weight is 1100 g/mol. The van der Waals surface area contributed by atoms with E-state index in [2.05, 4.69) is 289 Å². The zero-order valence-corrected chi connectivity index (χ0v) is 58.2. The molecule has 0 aromatic heterocycles. The summed E-state index contributed by atoms with van der Waals surface area (Å²) < 4.78 is 0. The molecule has 5 rings (SSSR count). The highest BCUT2D eigenvalue weighted by atomic mass is 14.6. The Balaban J connectivity index is 0.000000502. The minimum Gasteiger partial charge on any atom is -0.398 e. The first-order chi connectivity index (χ1) is 35.6. The van der Waals surface area contributed by atoms with E-state index in [1.54, 1.807) is 0 Å². The molecule has 5 heteroatoms. The Labute approximate surface area is 495 Å². The maximum absolute atomic E-state index is 6.47. The minimum atomic E-state index is 0.0747. The van der Waals surface area contributed by atoms with E-state index < -0.39 is 0 Å². The van der Waals surface area contributed by atoms with Gasteiger partial charge in [0, 0.05) is 28.4 Å². The van der Waals surface area contributed by atoms with Gasteiger partial charge in [-0.15, -0.1) is 0 Å². The SMILES string of the molecule is CC(C)(C)c1cc(C(C)(C)C)c(N)c(C(C)(C)C)c1.CC(C)c1cc(C(C)(C)C)cc(C(C)C)c1N.CCc1cc(C(C)(C)C)cc(CC)c1N.Cc1cc(C(C)(C)C)cc(C(C)(C)C)c1N.Cc1cc(C)c(N)c(C(C)(C)C)c1. The largest absolute Gasteiger partial charge is 0.398 e. The van der Waals surface area contributed by atoms with Gasteiger partial charge in [-0.25, -0.2) is 0 Å². The molecule has 0 radical (unpaired) electrons. The first-order valence-electron chi connectivity index (χ1n) is 30.2. The molecule has 10 N–H and O–H groups in total. The molecule has 0 atom stereocenters. The third-order valence-electron chi connectivity index (χ3n) is 15.4. The van der Waals surface area contributed by atoms with Crippen LogP contribution in [0.25, 0.3) is 0 Å². The van der Waals surface area contributed by atoms with Gasteiger partial charge in [-0.05, 0) is 167 Å². The van der Waals surface area contributed by atoms with Crippen LogP contribution in [0.15, 0.2) is 60.7 Å². The molecule has 450 valence electrons. The fourth-order valence-corrected chi connectivity index (χ4v) is 9.66. The zero-order valence-electron chi connectivity index (χ0n) is 58.2. The molecule has 0 bridgehead atoms. The molecule has 0 aliphatic rings.